The molecule has 0 aliphatic heterocycles. The van der Waals surface area contributed by atoms with Crippen molar-refractivity contribution >= 4 is 5.91 Å². The normalized spacial score (nSPS) is 15.8. The number of aromatic nitrogens is 3. The average molecular weight is 294 g/mol. The summed E-state index contributed by atoms with van der Waals surface area (Å²) in [6, 6.07) is 0.345. The van der Waals surface area contributed by atoms with Crippen molar-refractivity contribution in [3.63, 3.8) is 0 Å². The number of nitrogens with zero attached hydrogens (tertiary/aromatic N) is 5. The number of likely N-dealkylation sites (N-methyl/N-ethyl adjacent to an activating group) is 1. The Hall–Kier alpha value is -1.47. The van der Waals surface area contributed by atoms with Crippen molar-refractivity contribution < 1.29 is 4.79 Å². The number of nitrogens with two attached hydrogens (primary N) is 1. The molecule has 2 N–H and O–H groups in total. The Kier molecular flexibility index (Phi) is 5.69. The van der Waals surface area contributed by atoms with Crippen molar-refractivity contribution in [2.75, 3.05) is 33.7 Å². The highest BCUT2D eigenvalue weighted by Gasteiger charge is 2.28. The topological polar surface area (TPSA) is 80.3 Å². The Labute approximate surface area is 126 Å². The van der Waals surface area contributed by atoms with Gasteiger partial charge in [-0.3, -0.25) is 9.48 Å². The van der Waals surface area contributed by atoms with Crippen LogP contribution >= 0.6 is 0 Å². The van der Waals surface area contributed by atoms with Crippen LogP contribution in [0, 0.1) is 0 Å². The predicted molar refractivity (Wildman–Crippen MR) is 80.9 cm³/mol. The largest absolute Gasteiger partial charge is 0.333 e. The fraction of sp³-hybridized carbons (Fsp3) is 0.786. The quantitative estimate of drug-likeness (QED) is 0.776. The van der Waals surface area contributed by atoms with Crippen LogP contribution in [0.15, 0.2) is 6.20 Å². The van der Waals surface area contributed by atoms with Crippen LogP contribution in [0.25, 0.3) is 0 Å². The first-order valence-electron chi connectivity index (χ1n) is 7.67. The summed E-state index contributed by atoms with van der Waals surface area (Å²) in [5, 5.41) is 7.97. The zero-order chi connectivity index (χ0) is 15.2. The van der Waals surface area contributed by atoms with E-state index in [1.165, 1.54) is 12.8 Å². The molecule has 118 valence electrons. The van der Waals surface area contributed by atoms with Gasteiger partial charge in [0.25, 0.3) is 5.91 Å². The third-order valence-corrected chi connectivity index (χ3v) is 3.93. The summed E-state index contributed by atoms with van der Waals surface area (Å²) in [6.45, 7) is 2.67. The van der Waals surface area contributed by atoms with Crippen molar-refractivity contribution in [2.45, 2.75) is 38.3 Å². The number of carbonyl (C=O) groups excluding carboxylic acids is 1. The Morgan fingerprint density at radius 3 is 2.71 bits per heavy atom. The van der Waals surface area contributed by atoms with Crippen molar-refractivity contribution in [3.05, 3.63) is 11.9 Å². The van der Waals surface area contributed by atoms with Gasteiger partial charge in [-0.25, -0.2) is 0 Å². The molecule has 0 radical (unpaired) electrons. The van der Waals surface area contributed by atoms with Crippen molar-refractivity contribution in [1.29, 1.82) is 0 Å². The minimum absolute atomic E-state index is 0.00739. The molecule has 0 aromatic carbocycles. The molecule has 1 saturated carbocycles. The van der Waals surface area contributed by atoms with Gasteiger partial charge in [0.2, 0.25) is 0 Å². The van der Waals surface area contributed by atoms with Gasteiger partial charge < -0.3 is 15.5 Å². The van der Waals surface area contributed by atoms with E-state index in [9.17, 15) is 4.79 Å². The van der Waals surface area contributed by atoms with Crippen LogP contribution in [0.4, 0.5) is 0 Å². The molecule has 0 spiro atoms. The lowest BCUT2D eigenvalue weighted by Crippen LogP contribution is -2.42. The van der Waals surface area contributed by atoms with Gasteiger partial charge in [0.15, 0.2) is 5.69 Å². The SMILES string of the molecule is CN(C)CCN(C(=O)c1cn(CCN)nn1)C1CCCC1. The van der Waals surface area contributed by atoms with Crippen LogP contribution in [-0.4, -0.2) is 70.5 Å². The highest BCUT2D eigenvalue weighted by Crippen LogP contribution is 2.24. The molecule has 21 heavy (non-hydrogen) atoms. The fourth-order valence-corrected chi connectivity index (χ4v) is 2.76. The van der Waals surface area contributed by atoms with E-state index < -0.39 is 0 Å². The van der Waals surface area contributed by atoms with E-state index in [2.05, 4.69) is 15.2 Å². The van der Waals surface area contributed by atoms with Gasteiger partial charge >= 0.3 is 0 Å². The summed E-state index contributed by atoms with van der Waals surface area (Å²) < 4.78 is 1.63. The standard InChI is InChI=1S/C14H26N6O/c1-18(2)9-10-20(12-5-3-4-6-12)14(21)13-11-19(8-7-15)17-16-13/h11-12H,3-10,15H2,1-2H3. The lowest BCUT2D eigenvalue weighted by atomic mass is 10.2. The molecule has 1 aliphatic rings. The van der Waals surface area contributed by atoms with Crippen molar-refractivity contribution in [2.24, 2.45) is 5.73 Å². The second-order valence-electron chi connectivity index (χ2n) is 5.90. The Bertz CT molecular complexity index is 452. The summed E-state index contributed by atoms with van der Waals surface area (Å²) in [6.07, 6.45) is 6.30. The summed E-state index contributed by atoms with van der Waals surface area (Å²) in [5.41, 5.74) is 5.92. The highest BCUT2D eigenvalue weighted by molar-refractivity contribution is 5.92. The van der Waals surface area contributed by atoms with E-state index in [-0.39, 0.29) is 5.91 Å². The maximum absolute atomic E-state index is 12.7. The molecule has 0 unspecified atom stereocenters. The number of carbonyl (C=O) groups is 1. The van der Waals surface area contributed by atoms with E-state index in [0.29, 0.717) is 24.8 Å². The Balaban J connectivity index is 2.07. The molecular formula is C14H26N6O. The predicted octanol–water partition coefficient (Wildman–Crippen LogP) is 0.183. The minimum Gasteiger partial charge on any atom is -0.333 e. The number of rotatable bonds is 7. The number of hydrogen-bond acceptors (Lipinski definition) is 5. The summed E-state index contributed by atoms with van der Waals surface area (Å²) in [4.78, 5) is 16.8. The van der Waals surface area contributed by atoms with Crippen LogP contribution in [-0.2, 0) is 6.54 Å². The molecule has 0 atom stereocenters. The zero-order valence-electron chi connectivity index (χ0n) is 13.0. The molecule has 7 nitrogen and oxygen atoms in total. The molecule has 1 aliphatic carbocycles. The number of hydrogen-bond donors (Lipinski definition) is 1. The van der Waals surface area contributed by atoms with Crippen LogP contribution in [0.3, 0.4) is 0 Å². The van der Waals surface area contributed by atoms with Gasteiger partial charge in [0.1, 0.15) is 0 Å². The van der Waals surface area contributed by atoms with Gasteiger partial charge in [-0.15, -0.1) is 5.10 Å². The third-order valence-electron chi connectivity index (χ3n) is 3.93. The monoisotopic (exact) mass is 294 g/mol. The first kappa shape index (κ1) is 15.9. The highest BCUT2D eigenvalue weighted by atomic mass is 16.2. The van der Waals surface area contributed by atoms with Crippen LogP contribution in [0.1, 0.15) is 36.2 Å². The molecule has 0 saturated heterocycles. The molecule has 7 heteroatoms. The first-order valence-corrected chi connectivity index (χ1v) is 7.67. The molecule has 2 rings (SSSR count). The second-order valence-corrected chi connectivity index (χ2v) is 5.90. The van der Waals surface area contributed by atoms with Gasteiger partial charge in [-0.1, -0.05) is 18.1 Å². The Morgan fingerprint density at radius 1 is 1.38 bits per heavy atom. The summed E-state index contributed by atoms with van der Waals surface area (Å²) >= 11 is 0. The maximum Gasteiger partial charge on any atom is 0.276 e. The van der Waals surface area contributed by atoms with E-state index in [4.69, 9.17) is 5.73 Å². The summed E-state index contributed by atoms with van der Waals surface area (Å²) in [5.74, 6) is -0.00739. The molecule has 1 fully saturated rings. The Morgan fingerprint density at radius 2 is 2.10 bits per heavy atom. The molecule has 1 aromatic heterocycles. The van der Waals surface area contributed by atoms with E-state index in [0.717, 1.165) is 25.9 Å². The van der Waals surface area contributed by atoms with Crippen LogP contribution < -0.4 is 5.73 Å². The first-order chi connectivity index (χ1) is 10.1. The van der Waals surface area contributed by atoms with Crippen LogP contribution in [0.2, 0.25) is 0 Å². The molecule has 1 amide bonds. The van der Waals surface area contributed by atoms with E-state index >= 15 is 0 Å². The smallest absolute Gasteiger partial charge is 0.276 e. The molecule has 1 aromatic rings. The summed E-state index contributed by atoms with van der Waals surface area (Å²) in [7, 11) is 4.05. The fourth-order valence-electron chi connectivity index (χ4n) is 2.76. The minimum atomic E-state index is -0.00739. The lowest BCUT2D eigenvalue weighted by Gasteiger charge is -2.29. The molecular weight excluding hydrogens is 268 g/mol. The van der Waals surface area contributed by atoms with Crippen molar-refractivity contribution in [3.8, 4) is 0 Å². The van der Waals surface area contributed by atoms with Crippen LogP contribution in [0.5, 0.6) is 0 Å². The van der Waals surface area contributed by atoms with E-state index in [1.807, 2.05) is 19.0 Å². The van der Waals surface area contributed by atoms with Gasteiger partial charge in [-0.05, 0) is 26.9 Å². The molecule has 1 heterocycles. The average Bonchev–Trinajstić information content (AvgIpc) is 3.10. The third kappa shape index (κ3) is 4.25. The maximum atomic E-state index is 12.7. The van der Waals surface area contributed by atoms with E-state index in [1.54, 1.807) is 10.9 Å². The van der Waals surface area contributed by atoms with Gasteiger partial charge in [0.05, 0.1) is 12.7 Å². The zero-order valence-corrected chi connectivity index (χ0v) is 13.0. The van der Waals surface area contributed by atoms with Gasteiger partial charge in [-0.2, -0.15) is 0 Å². The number of amides is 1. The second kappa shape index (κ2) is 7.51. The lowest BCUT2D eigenvalue weighted by molar-refractivity contribution is 0.0661. The molecule has 0 bridgehead atoms. The van der Waals surface area contributed by atoms with Crippen molar-refractivity contribution in [1.82, 2.24) is 24.8 Å². The van der Waals surface area contributed by atoms with Gasteiger partial charge in [0, 0.05) is 25.7 Å².